The molecule has 2 atom stereocenters. The molecule has 0 aromatic heterocycles. The molecule has 0 bridgehead atoms. The van der Waals surface area contributed by atoms with Crippen LogP contribution < -0.4 is 21.3 Å². The minimum Gasteiger partial charge on any atom is -0.324 e. The van der Waals surface area contributed by atoms with Gasteiger partial charge >= 0.3 is 12.4 Å². The molecule has 0 fully saturated rings. The average molecular weight is 1020 g/mol. The predicted octanol–water partition coefficient (Wildman–Crippen LogP) is 12.8. The summed E-state index contributed by atoms with van der Waals surface area (Å²) < 4.78 is 79.7. The molecular formula is C44H32Cl4F6N8O6. The lowest BCUT2D eigenvalue weighted by atomic mass is 10.1. The normalized spacial score (nSPS) is 12.7. The first kappa shape index (κ1) is 52.2. The Labute approximate surface area is 401 Å². The van der Waals surface area contributed by atoms with Gasteiger partial charge in [-0.05, 0) is 124 Å². The molecule has 0 saturated carbocycles. The van der Waals surface area contributed by atoms with E-state index in [1.54, 1.807) is 13.8 Å². The number of hydrogen-bond donors (Lipinski definition) is 4. The quantitative estimate of drug-likeness (QED) is 0.0484. The van der Waals surface area contributed by atoms with E-state index in [1.165, 1.54) is 36.4 Å². The number of azo groups is 2. The van der Waals surface area contributed by atoms with Gasteiger partial charge < -0.3 is 21.3 Å². The Hall–Kier alpha value is -6.74. The number of nitrogens with one attached hydrogen (secondary N) is 4. The SMILES string of the molecule is CC(=O)C(N=Nc1cc(Cl)cc(C(=O)Nc2cc(Cl)cc(C(F)(F)F)c2)c1)C(=O)Nc1cc(C)c(NC(=O)C(N=Nc2cc(Cl)cc(C(=O)Nc3cc(Cl)cc(C(F)(F)F)c3)c2)C(C)=O)cc1C. The average Bonchev–Trinajstić information content (AvgIpc) is 3.21. The zero-order valence-corrected chi connectivity index (χ0v) is 38.3. The van der Waals surface area contributed by atoms with E-state index in [2.05, 4.69) is 41.7 Å². The summed E-state index contributed by atoms with van der Waals surface area (Å²) in [4.78, 5) is 77.9. The van der Waals surface area contributed by atoms with E-state index in [9.17, 15) is 55.1 Å². The van der Waals surface area contributed by atoms with Crippen LogP contribution in [0.5, 0.6) is 0 Å². The third kappa shape index (κ3) is 14.1. The van der Waals surface area contributed by atoms with E-state index in [0.29, 0.717) is 35.4 Å². The summed E-state index contributed by atoms with van der Waals surface area (Å²) in [5.41, 5.74) is -2.14. The van der Waals surface area contributed by atoms with Crippen molar-refractivity contribution >= 4 is 116 Å². The number of benzene rings is 5. The lowest BCUT2D eigenvalue weighted by Crippen LogP contribution is -2.32. The molecule has 0 aliphatic heterocycles. The van der Waals surface area contributed by atoms with E-state index < -0.39 is 70.8 Å². The molecule has 0 aliphatic carbocycles. The highest BCUT2D eigenvalue weighted by Crippen LogP contribution is 2.35. The summed E-state index contributed by atoms with van der Waals surface area (Å²) in [6.45, 7) is 5.25. The van der Waals surface area contributed by atoms with Crippen LogP contribution in [0.2, 0.25) is 20.1 Å². The topological polar surface area (TPSA) is 200 Å². The lowest BCUT2D eigenvalue weighted by molar-refractivity contribution is -0.138. The van der Waals surface area contributed by atoms with Crippen molar-refractivity contribution in [1.82, 2.24) is 0 Å². The second kappa shape index (κ2) is 21.5. The highest BCUT2D eigenvalue weighted by molar-refractivity contribution is 6.32. The van der Waals surface area contributed by atoms with Crippen molar-refractivity contribution in [2.45, 2.75) is 52.1 Å². The van der Waals surface area contributed by atoms with Crippen molar-refractivity contribution in [3.05, 3.63) is 138 Å². The molecule has 2 unspecified atom stereocenters. The van der Waals surface area contributed by atoms with E-state index in [0.717, 1.165) is 38.1 Å². The Morgan fingerprint density at radius 2 is 0.809 bits per heavy atom. The fourth-order valence-corrected chi connectivity index (χ4v) is 6.89. The van der Waals surface area contributed by atoms with Crippen LogP contribution in [0, 0.1) is 13.8 Å². The van der Waals surface area contributed by atoms with Gasteiger partial charge in [0.1, 0.15) is 0 Å². The van der Waals surface area contributed by atoms with E-state index in [1.807, 2.05) is 0 Å². The molecule has 0 heterocycles. The Morgan fingerprint density at radius 1 is 0.471 bits per heavy atom. The van der Waals surface area contributed by atoms with Crippen molar-refractivity contribution in [3.8, 4) is 0 Å². The first-order chi connectivity index (χ1) is 31.7. The molecule has 4 amide bonds. The van der Waals surface area contributed by atoms with Gasteiger partial charge in [-0.15, -0.1) is 0 Å². The van der Waals surface area contributed by atoms with Gasteiger partial charge in [0.15, 0.2) is 11.6 Å². The summed E-state index contributed by atoms with van der Waals surface area (Å²) in [5.74, 6) is -5.13. The third-order valence-electron chi connectivity index (χ3n) is 9.19. The van der Waals surface area contributed by atoms with Crippen LogP contribution in [0.3, 0.4) is 0 Å². The maximum absolute atomic E-state index is 13.4. The van der Waals surface area contributed by atoms with Crippen molar-refractivity contribution in [2.75, 3.05) is 21.3 Å². The maximum atomic E-state index is 13.4. The van der Waals surface area contributed by atoms with Crippen LogP contribution in [-0.2, 0) is 31.5 Å². The van der Waals surface area contributed by atoms with Crippen LogP contribution in [0.15, 0.2) is 105 Å². The molecule has 5 aromatic carbocycles. The molecule has 354 valence electrons. The number of hydrogen-bond acceptors (Lipinski definition) is 10. The fourth-order valence-electron chi connectivity index (χ4n) is 5.96. The van der Waals surface area contributed by atoms with Gasteiger partial charge in [-0.2, -0.15) is 46.8 Å². The first-order valence-electron chi connectivity index (χ1n) is 19.2. The summed E-state index contributed by atoms with van der Waals surface area (Å²) in [5, 5.41) is 24.6. The number of halogens is 10. The van der Waals surface area contributed by atoms with Gasteiger partial charge in [-0.25, -0.2) is 0 Å². The smallest absolute Gasteiger partial charge is 0.324 e. The van der Waals surface area contributed by atoms with Crippen LogP contribution in [-0.4, -0.2) is 47.3 Å². The Kier molecular flexibility index (Phi) is 16.5. The number of carbonyl (C=O) groups is 6. The number of nitrogens with zero attached hydrogens (tertiary/aromatic N) is 4. The molecule has 68 heavy (non-hydrogen) atoms. The zero-order valence-electron chi connectivity index (χ0n) is 35.3. The van der Waals surface area contributed by atoms with Crippen molar-refractivity contribution in [2.24, 2.45) is 20.5 Å². The lowest BCUT2D eigenvalue weighted by Gasteiger charge is -2.16. The molecule has 4 N–H and O–H groups in total. The summed E-state index contributed by atoms with van der Waals surface area (Å²) >= 11 is 24.0. The van der Waals surface area contributed by atoms with Gasteiger partial charge in [0.25, 0.3) is 23.6 Å². The number of alkyl halides is 6. The van der Waals surface area contributed by atoms with Crippen LogP contribution in [0.1, 0.15) is 56.8 Å². The van der Waals surface area contributed by atoms with E-state index in [-0.39, 0.29) is 65.3 Å². The molecule has 0 saturated heterocycles. The van der Waals surface area contributed by atoms with E-state index in [4.69, 9.17) is 46.4 Å². The van der Waals surface area contributed by atoms with Crippen LogP contribution in [0.25, 0.3) is 0 Å². The minimum absolute atomic E-state index is 0.0430. The number of amides is 4. The number of Topliss-reactive ketones (excluding diaryl/α,β-unsaturated/α-hetero) is 2. The second-order valence-corrected chi connectivity index (χ2v) is 16.4. The van der Waals surface area contributed by atoms with Gasteiger partial charge in [0.05, 0.1) is 22.5 Å². The molecule has 0 spiro atoms. The molecular weight excluding hydrogens is 992 g/mol. The fraction of sp³-hybridized carbons (Fsp3) is 0.182. The number of anilines is 4. The van der Waals surface area contributed by atoms with Crippen molar-refractivity contribution < 1.29 is 55.1 Å². The van der Waals surface area contributed by atoms with Crippen LogP contribution >= 0.6 is 46.4 Å². The Morgan fingerprint density at radius 3 is 1.13 bits per heavy atom. The minimum atomic E-state index is -4.74. The number of ketones is 2. The largest absolute Gasteiger partial charge is 0.416 e. The number of rotatable bonds is 14. The monoisotopic (exact) mass is 1020 g/mol. The molecule has 0 radical (unpaired) electrons. The second-order valence-electron chi connectivity index (χ2n) is 14.7. The van der Waals surface area contributed by atoms with Gasteiger partial charge in [-0.3, -0.25) is 28.8 Å². The Balaban J connectivity index is 1.27. The highest BCUT2D eigenvalue weighted by atomic mass is 35.5. The molecule has 5 rings (SSSR count). The summed E-state index contributed by atoms with van der Waals surface area (Å²) in [6.07, 6.45) is -9.48. The number of carbonyl (C=O) groups excluding carboxylic acids is 6. The zero-order chi connectivity index (χ0) is 50.4. The molecule has 14 nitrogen and oxygen atoms in total. The predicted molar refractivity (Wildman–Crippen MR) is 243 cm³/mol. The standard InChI is InChI=1S/C44H32Cl4F6N8O6/c1-19-5-36(58-42(68)38(22(4)64)62-60-34-10-24(8-28(46)18-34)40(66)56-32-14-26(44(52,53)54)12-30(48)16-32)20(2)6-35(19)57-41(67)37(21(3)63)61-59-33-9-23(7-27(45)17-33)39(65)55-31-13-25(43(49,50)51)11-29(47)15-31/h5-18,37-38H,1-4H3,(H,55,65)(H,56,66)(H,57,67)(H,58,68). The highest BCUT2D eigenvalue weighted by Gasteiger charge is 2.33. The van der Waals surface area contributed by atoms with Gasteiger partial charge in [-0.1, -0.05) is 46.4 Å². The Bertz CT molecular complexity index is 2740. The molecule has 24 heteroatoms. The molecule has 0 aliphatic rings. The van der Waals surface area contributed by atoms with Gasteiger partial charge in [0.2, 0.25) is 12.1 Å². The third-order valence-corrected chi connectivity index (χ3v) is 10.1. The van der Waals surface area contributed by atoms with Gasteiger partial charge in [0, 0.05) is 54.0 Å². The van der Waals surface area contributed by atoms with Crippen molar-refractivity contribution in [1.29, 1.82) is 0 Å². The molecule has 5 aromatic rings. The summed E-state index contributed by atoms with van der Waals surface area (Å²) in [6, 6.07) is 11.6. The maximum Gasteiger partial charge on any atom is 0.416 e. The van der Waals surface area contributed by atoms with Crippen LogP contribution in [0.4, 0.5) is 60.5 Å². The van der Waals surface area contributed by atoms with Crippen molar-refractivity contribution in [3.63, 3.8) is 0 Å². The first-order valence-corrected chi connectivity index (χ1v) is 20.7. The summed E-state index contributed by atoms with van der Waals surface area (Å²) in [7, 11) is 0. The number of aryl methyl sites for hydroxylation is 2. The van der Waals surface area contributed by atoms with E-state index >= 15 is 0 Å².